The lowest BCUT2D eigenvalue weighted by molar-refractivity contribution is -0.150. The molecule has 0 radical (unpaired) electrons. The van der Waals surface area contributed by atoms with Crippen LogP contribution in [0.1, 0.15) is 31.6 Å². The van der Waals surface area contributed by atoms with Gasteiger partial charge in [-0.1, -0.05) is 67.9 Å². The fourth-order valence-electron chi connectivity index (χ4n) is 3.39. The zero-order valence-corrected chi connectivity index (χ0v) is 18.2. The molecule has 3 rings (SSSR count). The van der Waals surface area contributed by atoms with Crippen molar-refractivity contribution in [2.24, 2.45) is 5.73 Å². The van der Waals surface area contributed by atoms with Gasteiger partial charge in [-0.15, -0.1) is 11.3 Å². The predicted molar refractivity (Wildman–Crippen MR) is 120 cm³/mol. The van der Waals surface area contributed by atoms with Crippen LogP contribution in [0.4, 0.5) is 0 Å². The van der Waals surface area contributed by atoms with Gasteiger partial charge < -0.3 is 10.5 Å². The van der Waals surface area contributed by atoms with Crippen molar-refractivity contribution in [2.45, 2.75) is 32.1 Å². The Bertz CT molecular complexity index is 951. The quantitative estimate of drug-likeness (QED) is 0.468. The van der Waals surface area contributed by atoms with E-state index in [0.717, 1.165) is 26.7 Å². The molecule has 0 bridgehead atoms. The first-order valence-corrected chi connectivity index (χ1v) is 10.9. The Morgan fingerprint density at radius 3 is 2.31 bits per heavy atom. The summed E-state index contributed by atoms with van der Waals surface area (Å²) in [6, 6.07) is 17.6. The van der Waals surface area contributed by atoms with E-state index >= 15 is 0 Å². The highest BCUT2D eigenvalue weighted by atomic mass is 35.5. The van der Waals surface area contributed by atoms with E-state index in [1.54, 1.807) is 11.3 Å². The van der Waals surface area contributed by atoms with Crippen LogP contribution >= 0.6 is 22.9 Å². The van der Waals surface area contributed by atoms with Crippen LogP contribution in [0.15, 0.2) is 54.6 Å². The summed E-state index contributed by atoms with van der Waals surface area (Å²) in [6.45, 7) is 4.54. The molecule has 0 atom stereocenters. The first kappa shape index (κ1) is 21.5. The number of hydrogen-bond donors (Lipinski definition) is 1. The largest absolute Gasteiger partial charge is 0.464 e. The Kier molecular flexibility index (Phi) is 7.06. The number of carbonyl (C=O) groups is 1. The minimum Gasteiger partial charge on any atom is -0.464 e. The molecule has 0 spiro atoms. The number of thiazole rings is 1. The molecule has 1 heterocycles. The molecule has 0 saturated heterocycles. The fraction of sp³-hybridized carbons (Fsp3) is 0.304. The molecule has 6 heteroatoms. The lowest BCUT2D eigenvalue weighted by Gasteiger charge is -2.29. The summed E-state index contributed by atoms with van der Waals surface area (Å²) in [5.41, 5.74) is 7.55. The van der Waals surface area contributed by atoms with Gasteiger partial charge >= 0.3 is 5.97 Å². The number of nitrogens with two attached hydrogens (primary N) is 1. The first-order chi connectivity index (χ1) is 14.1. The van der Waals surface area contributed by atoms with Gasteiger partial charge in [0.25, 0.3) is 0 Å². The number of ether oxygens (including phenoxy) is 1. The van der Waals surface area contributed by atoms with Gasteiger partial charge in [-0.2, -0.15) is 0 Å². The summed E-state index contributed by atoms with van der Waals surface area (Å²) in [7, 11) is 0. The van der Waals surface area contributed by atoms with E-state index in [9.17, 15) is 4.79 Å². The number of carbonyl (C=O) groups excluding carboxylic acids is 1. The van der Waals surface area contributed by atoms with E-state index in [1.807, 2.05) is 68.4 Å². The van der Waals surface area contributed by atoms with Crippen LogP contribution in [0.5, 0.6) is 0 Å². The van der Waals surface area contributed by atoms with Gasteiger partial charge in [-0.05, 0) is 25.0 Å². The number of benzene rings is 2. The third kappa shape index (κ3) is 4.37. The summed E-state index contributed by atoms with van der Waals surface area (Å²) in [5, 5.41) is 1.54. The number of rotatable bonds is 8. The van der Waals surface area contributed by atoms with E-state index in [4.69, 9.17) is 27.1 Å². The standard InChI is InChI=1S/C23H25ClN2O2S/c1-3-23(4-2,22(27)28-15-14-25)20-19(16-10-12-18(24)13-11-16)26-21(29-20)17-8-6-5-7-9-17/h5-13H,3-4,14-15,25H2,1-2H3. The minimum absolute atomic E-state index is 0.210. The second-order valence-electron chi connectivity index (χ2n) is 6.78. The van der Waals surface area contributed by atoms with Gasteiger partial charge in [-0.25, -0.2) is 4.98 Å². The van der Waals surface area contributed by atoms with Crippen LogP contribution in [-0.4, -0.2) is 24.1 Å². The maximum atomic E-state index is 13.2. The molecule has 0 unspecified atom stereocenters. The van der Waals surface area contributed by atoms with Crippen molar-refractivity contribution in [2.75, 3.05) is 13.2 Å². The number of halogens is 1. The van der Waals surface area contributed by atoms with Crippen LogP contribution in [0, 0.1) is 0 Å². The summed E-state index contributed by atoms with van der Waals surface area (Å²) in [6.07, 6.45) is 1.23. The SMILES string of the molecule is CCC(CC)(C(=O)OCCN)c1sc(-c2ccccc2)nc1-c1ccc(Cl)cc1. The van der Waals surface area contributed by atoms with Gasteiger partial charge in [0, 0.05) is 22.7 Å². The summed E-state index contributed by atoms with van der Waals surface area (Å²) < 4.78 is 5.51. The van der Waals surface area contributed by atoms with E-state index < -0.39 is 5.41 Å². The molecule has 0 amide bonds. The van der Waals surface area contributed by atoms with Crippen LogP contribution in [0.25, 0.3) is 21.8 Å². The highest BCUT2D eigenvalue weighted by molar-refractivity contribution is 7.15. The van der Waals surface area contributed by atoms with Gasteiger partial charge in [0.15, 0.2) is 0 Å². The molecule has 4 nitrogen and oxygen atoms in total. The van der Waals surface area contributed by atoms with E-state index in [2.05, 4.69) is 0 Å². The predicted octanol–water partition coefficient (Wildman–Crippen LogP) is 5.69. The molecule has 3 aromatic rings. The number of hydrogen-bond acceptors (Lipinski definition) is 5. The second-order valence-corrected chi connectivity index (χ2v) is 8.22. The molecule has 0 aliphatic carbocycles. The number of esters is 1. The Labute approximate surface area is 180 Å². The Morgan fingerprint density at radius 2 is 1.72 bits per heavy atom. The monoisotopic (exact) mass is 428 g/mol. The minimum atomic E-state index is -0.769. The second kappa shape index (κ2) is 9.53. The van der Waals surface area contributed by atoms with Gasteiger partial charge in [-0.3, -0.25) is 4.79 Å². The summed E-state index contributed by atoms with van der Waals surface area (Å²) in [4.78, 5) is 19.0. The van der Waals surface area contributed by atoms with Crippen molar-refractivity contribution >= 4 is 28.9 Å². The molecule has 2 N–H and O–H groups in total. The Hall–Kier alpha value is -2.21. The molecule has 0 fully saturated rings. The lowest BCUT2D eigenvalue weighted by Crippen LogP contribution is -2.37. The molecule has 152 valence electrons. The van der Waals surface area contributed by atoms with Crippen molar-refractivity contribution in [3.63, 3.8) is 0 Å². The zero-order chi connectivity index (χ0) is 20.9. The molecular weight excluding hydrogens is 404 g/mol. The topological polar surface area (TPSA) is 65.2 Å². The van der Waals surface area contributed by atoms with E-state index in [0.29, 0.717) is 24.4 Å². The van der Waals surface area contributed by atoms with E-state index in [-0.39, 0.29) is 12.6 Å². The third-order valence-electron chi connectivity index (χ3n) is 5.15. The molecular formula is C23H25ClN2O2S. The Morgan fingerprint density at radius 1 is 1.07 bits per heavy atom. The summed E-state index contributed by atoms with van der Waals surface area (Å²) in [5.74, 6) is -0.244. The smallest absolute Gasteiger partial charge is 0.317 e. The average Bonchev–Trinajstić information content (AvgIpc) is 3.20. The van der Waals surface area contributed by atoms with Crippen LogP contribution in [0.3, 0.4) is 0 Å². The van der Waals surface area contributed by atoms with Crippen molar-refractivity contribution in [1.29, 1.82) is 0 Å². The highest BCUT2D eigenvalue weighted by Gasteiger charge is 2.42. The van der Waals surface area contributed by atoms with Crippen LogP contribution in [-0.2, 0) is 14.9 Å². The molecule has 0 aliphatic rings. The zero-order valence-electron chi connectivity index (χ0n) is 16.7. The van der Waals surface area contributed by atoms with Crippen molar-refractivity contribution in [3.05, 3.63) is 64.5 Å². The average molecular weight is 429 g/mol. The van der Waals surface area contributed by atoms with Gasteiger partial charge in [0.1, 0.15) is 17.0 Å². The molecule has 1 aromatic heterocycles. The highest BCUT2D eigenvalue weighted by Crippen LogP contribution is 2.45. The van der Waals surface area contributed by atoms with Crippen molar-refractivity contribution < 1.29 is 9.53 Å². The van der Waals surface area contributed by atoms with Crippen molar-refractivity contribution in [3.8, 4) is 21.8 Å². The number of aromatic nitrogens is 1. The number of nitrogens with zero attached hydrogens (tertiary/aromatic N) is 1. The van der Waals surface area contributed by atoms with Crippen LogP contribution < -0.4 is 5.73 Å². The molecule has 0 saturated carbocycles. The van der Waals surface area contributed by atoms with Gasteiger partial charge in [0.2, 0.25) is 0 Å². The van der Waals surface area contributed by atoms with Crippen molar-refractivity contribution in [1.82, 2.24) is 4.98 Å². The maximum absolute atomic E-state index is 13.2. The first-order valence-electron chi connectivity index (χ1n) is 9.75. The third-order valence-corrected chi connectivity index (χ3v) is 6.71. The lowest BCUT2D eigenvalue weighted by atomic mass is 9.79. The fourth-order valence-corrected chi connectivity index (χ4v) is 4.93. The Balaban J connectivity index is 2.20. The molecule has 2 aromatic carbocycles. The van der Waals surface area contributed by atoms with Crippen LogP contribution in [0.2, 0.25) is 5.02 Å². The normalized spacial score (nSPS) is 11.4. The van der Waals surface area contributed by atoms with Gasteiger partial charge in [0.05, 0.1) is 10.6 Å². The maximum Gasteiger partial charge on any atom is 0.317 e. The summed E-state index contributed by atoms with van der Waals surface area (Å²) >= 11 is 7.64. The molecule has 29 heavy (non-hydrogen) atoms. The molecule has 0 aliphatic heterocycles. The van der Waals surface area contributed by atoms with E-state index in [1.165, 1.54) is 0 Å².